The van der Waals surface area contributed by atoms with Gasteiger partial charge in [0.05, 0.1) is 5.56 Å². The van der Waals surface area contributed by atoms with Crippen LogP contribution in [-0.4, -0.2) is 28.5 Å². The molecule has 0 unspecified atom stereocenters. The first-order chi connectivity index (χ1) is 7.22. The Morgan fingerprint density at radius 3 is 2.67 bits per heavy atom. The Morgan fingerprint density at radius 1 is 1.53 bits per heavy atom. The van der Waals surface area contributed by atoms with Gasteiger partial charge in [0, 0.05) is 12.2 Å². The second-order valence-corrected chi connectivity index (χ2v) is 3.45. The third-order valence-corrected chi connectivity index (χ3v) is 2.31. The van der Waals surface area contributed by atoms with E-state index < -0.39 is 5.97 Å². The van der Waals surface area contributed by atoms with E-state index in [4.69, 9.17) is 5.11 Å². The first-order valence-corrected chi connectivity index (χ1v) is 4.65. The Hall–Kier alpha value is -1.91. The van der Waals surface area contributed by atoms with Gasteiger partial charge in [0.1, 0.15) is 5.82 Å². The second kappa shape index (κ2) is 3.68. The zero-order valence-corrected chi connectivity index (χ0v) is 7.96. The van der Waals surface area contributed by atoms with Crippen LogP contribution in [0.5, 0.6) is 0 Å². The van der Waals surface area contributed by atoms with Crippen LogP contribution in [0.25, 0.3) is 0 Å². The molecule has 0 bridgehead atoms. The van der Waals surface area contributed by atoms with Crippen LogP contribution < -0.4 is 4.90 Å². The maximum Gasteiger partial charge on any atom is 0.337 e. The molecule has 0 atom stereocenters. The van der Waals surface area contributed by atoms with E-state index in [0.717, 1.165) is 19.3 Å². The number of hydrogen-bond donors (Lipinski definition) is 1. The summed E-state index contributed by atoms with van der Waals surface area (Å²) in [5, 5.41) is 8.67. The van der Waals surface area contributed by atoms with Crippen LogP contribution in [0.15, 0.2) is 18.3 Å². The summed E-state index contributed by atoms with van der Waals surface area (Å²) in [5.74, 6) is -0.504. The number of nitrogens with zero attached hydrogens (tertiary/aromatic N) is 2. The van der Waals surface area contributed by atoms with Gasteiger partial charge < -0.3 is 5.11 Å². The topological polar surface area (TPSA) is 70.5 Å². The van der Waals surface area contributed by atoms with E-state index >= 15 is 0 Å². The summed E-state index contributed by atoms with van der Waals surface area (Å²) in [6.07, 6.45) is 3.97. The number of carboxylic acid groups (broad SMARTS) is 1. The van der Waals surface area contributed by atoms with E-state index in [1.165, 1.54) is 17.2 Å². The number of aromatic nitrogens is 1. The van der Waals surface area contributed by atoms with Crippen molar-refractivity contribution in [3.63, 3.8) is 0 Å². The lowest BCUT2D eigenvalue weighted by Gasteiger charge is -2.14. The fraction of sp³-hybridized carbons (Fsp3) is 0.300. The summed E-state index contributed by atoms with van der Waals surface area (Å²) in [6.45, 7) is 0. The molecule has 1 heterocycles. The first kappa shape index (κ1) is 9.64. The van der Waals surface area contributed by atoms with Gasteiger partial charge in [0.25, 0.3) is 0 Å². The van der Waals surface area contributed by atoms with Gasteiger partial charge in [-0.05, 0) is 25.0 Å². The molecule has 5 nitrogen and oxygen atoms in total. The lowest BCUT2D eigenvalue weighted by atomic mass is 10.3. The molecule has 0 spiro atoms. The molecule has 0 saturated heterocycles. The SMILES string of the molecule is O=CN(c1ccc(C(=O)O)cn1)C1CC1. The number of amides is 1. The van der Waals surface area contributed by atoms with Crippen LogP contribution in [0.1, 0.15) is 23.2 Å². The molecule has 1 amide bonds. The monoisotopic (exact) mass is 206 g/mol. The molecule has 1 saturated carbocycles. The van der Waals surface area contributed by atoms with Crippen LogP contribution in [0.3, 0.4) is 0 Å². The molecule has 0 aliphatic heterocycles. The summed E-state index contributed by atoms with van der Waals surface area (Å²) in [4.78, 5) is 26.8. The number of carbonyl (C=O) groups excluding carboxylic acids is 1. The lowest BCUT2D eigenvalue weighted by molar-refractivity contribution is -0.107. The lowest BCUT2D eigenvalue weighted by Crippen LogP contribution is -2.24. The Bertz CT molecular complexity index is 384. The van der Waals surface area contributed by atoms with E-state index in [1.807, 2.05) is 0 Å². The molecule has 1 aliphatic rings. The van der Waals surface area contributed by atoms with E-state index in [0.29, 0.717) is 5.82 Å². The van der Waals surface area contributed by atoms with Gasteiger partial charge >= 0.3 is 5.97 Å². The smallest absolute Gasteiger partial charge is 0.337 e. The van der Waals surface area contributed by atoms with Crippen molar-refractivity contribution < 1.29 is 14.7 Å². The largest absolute Gasteiger partial charge is 0.478 e. The normalized spacial score (nSPS) is 14.7. The van der Waals surface area contributed by atoms with Gasteiger partial charge in [-0.1, -0.05) is 0 Å². The summed E-state index contributed by atoms with van der Waals surface area (Å²) in [6, 6.07) is 3.24. The average Bonchev–Trinajstić information content (AvgIpc) is 3.04. The van der Waals surface area contributed by atoms with Crippen LogP contribution in [-0.2, 0) is 4.79 Å². The molecule has 0 aromatic carbocycles. The number of hydrogen-bond acceptors (Lipinski definition) is 3. The van der Waals surface area contributed by atoms with Crippen LogP contribution in [0.2, 0.25) is 0 Å². The fourth-order valence-electron chi connectivity index (χ4n) is 1.35. The molecule has 0 radical (unpaired) electrons. The molecule has 1 aromatic rings. The Labute approximate surface area is 86.3 Å². The van der Waals surface area contributed by atoms with E-state index in [-0.39, 0.29) is 11.6 Å². The molecule has 15 heavy (non-hydrogen) atoms. The van der Waals surface area contributed by atoms with Crippen molar-refractivity contribution in [3.8, 4) is 0 Å². The highest BCUT2D eigenvalue weighted by atomic mass is 16.4. The summed E-state index contributed by atoms with van der Waals surface area (Å²) in [7, 11) is 0. The third-order valence-electron chi connectivity index (χ3n) is 2.31. The molecular formula is C10H10N2O3. The fourth-order valence-corrected chi connectivity index (χ4v) is 1.35. The standard InChI is InChI=1S/C10H10N2O3/c13-6-12(8-2-3-8)9-4-1-7(5-11-9)10(14)15/h1,4-6,8H,2-3H2,(H,14,15). The van der Waals surface area contributed by atoms with Crippen molar-refractivity contribution in [1.29, 1.82) is 0 Å². The van der Waals surface area contributed by atoms with Crippen LogP contribution >= 0.6 is 0 Å². The summed E-state index contributed by atoms with van der Waals surface area (Å²) in [5.41, 5.74) is 0.125. The maximum absolute atomic E-state index is 10.8. The Kier molecular flexibility index (Phi) is 2.37. The number of carbonyl (C=O) groups is 2. The van der Waals surface area contributed by atoms with Crippen molar-refractivity contribution in [2.24, 2.45) is 0 Å². The second-order valence-electron chi connectivity index (χ2n) is 3.45. The van der Waals surface area contributed by atoms with Gasteiger partial charge in [-0.3, -0.25) is 9.69 Å². The van der Waals surface area contributed by atoms with E-state index in [1.54, 1.807) is 6.07 Å². The molecular weight excluding hydrogens is 196 g/mol. The first-order valence-electron chi connectivity index (χ1n) is 4.65. The van der Waals surface area contributed by atoms with Gasteiger partial charge in [-0.2, -0.15) is 0 Å². The quantitative estimate of drug-likeness (QED) is 0.743. The minimum absolute atomic E-state index is 0.125. The highest BCUT2D eigenvalue weighted by Crippen LogP contribution is 2.29. The molecule has 1 aromatic heterocycles. The van der Waals surface area contributed by atoms with Crippen molar-refractivity contribution in [3.05, 3.63) is 23.9 Å². The van der Waals surface area contributed by atoms with Crippen LogP contribution in [0.4, 0.5) is 5.82 Å². The zero-order valence-electron chi connectivity index (χ0n) is 7.96. The highest BCUT2D eigenvalue weighted by molar-refractivity contribution is 5.87. The predicted octanol–water partition coefficient (Wildman–Crippen LogP) is 0.905. The molecule has 1 aliphatic carbocycles. The van der Waals surface area contributed by atoms with Gasteiger partial charge in [0.15, 0.2) is 0 Å². The van der Waals surface area contributed by atoms with E-state index in [2.05, 4.69) is 4.98 Å². The average molecular weight is 206 g/mol. The molecule has 78 valence electrons. The van der Waals surface area contributed by atoms with Gasteiger partial charge in [0.2, 0.25) is 6.41 Å². The van der Waals surface area contributed by atoms with Crippen molar-refractivity contribution in [2.45, 2.75) is 18.9 Å². The van der Waals surface area contributed by atoms with Gasteiger partial charge in [-0.15, -0.1) is 0 Å². The van der Waals surface area contributed by atoms with Crippen molar-refractivity contribution in [2.75, 3.05) is 4.90 Å². The molecule has 5 heteroatoms. The Morgan fingerprint density at radius 2 is 2.27 bits per heavy atom. The maximum atomic E-state index is 10.8. The number of pyridine rings is 1. The summed E-state index contributed by atoms with van der Waals surface area (Å²) < 4.78 is 0. The number of carboxylic acids is 1. The predicted molar refractivity (Wildman–Crippen MR) is 52.8 cm³/mol. The van der Waals surface area contributed by atoms with Crippen LogP contribution in [0, 0.1) is 0 Å². The van der Waals surface area contributed by atoms with E-state index in [9.17, 15) is 9.59 Å². The van der Waals surface area contributed by atoms with Crippen molar-refractivity contribution >= 4 is 18.2 Å². The minimum Gasteiger partial charge on any atom is -0.478 e. The Balaban J connectivity index is 2.21. The molecule has 1 fully saturated rings. The number of rotatable bonds is 4. The highest BCUT2D eigenvalue weighted by Gasteiger charge is 2.29. The summed E-state index contributed by atoms with van der Waals surface area (Å²) >= 11 is 0. The minimum atomic E-state index is -1.02. The third kappa shape index (κ3) is 1.96. The molecule has 2 rings (SSSR count). The molecule has 1 N–H and O–H groups in total. The zero-order chi connectivity index (χ0) is 10.8. The van der Waals surface area contributed by atoms with Gasteiger partial charge in [-0.25, -0.2) is 9.78 Å². The van der Waals surface area contributed by atoms with Crippen molar-refractivity contribution in [1.82, 2.24) is 4.98 Å². The number of anilines is 1. The number of aromatic carboxylic acids is 1.